The Morgan fingerprint density at radius 2 is 1.93 bits per heavy atom. The SMILES string of the molecule is CCCCCCCO[C@H]1CCS(=O)(=O)C1. The van der Waals surface area contributed by atoms with Crippen molar-refractivity contribution in [1.29, 1.82) is 0 Å². The first-order chi connectivity index (χ1) is 7.14. The van der Waals surface area contributed by atoms with E-state index in [0.717, 1.165) is 13.0 Å². The summed E-state index contributed by atoms with van der Waals surface area (Å²) in [4.78, 5) is 0. The highest BCUT2D eigenvalue weighted by molar-refractivity contribution is 7.91. The molecule has 1 atom stereocenters. The zero-order valence-corrected chi connectivity index (χ0v) is 10.4. The fourth-order valence-electron chi connectivity index (χ4n) is 1.85. The third-order valence-electron chi connectivity index (χ3n) is 2.79. The minimum Gasteiger partial charge on any atom is -0.377 e. The standard InChI is InChI=1S/C11H22O3S/c1-2-3-4-5-6-8-14-11-7-9-15(12,13)10-11/h11H,2-10H2,1H3/t11-/m0/s1. The molecule has 0 N–H and O–H groups in total. The zero-order chi connectivity index (χ0) is 11.1. The van der Waals surface area contributed by atoms with E-state index in [0.29, 0.717) is 12.2 Å². The van der Waals surface area contributed by atoms with Crippen LogP contribution >= 0.6 is 0 Å². The van der Waals surface area contributed by atoms with Gasteiger partial charge in [0.25, 0.3) is 0 Å². The van der Waals surface area contributed by atoms with Crippen molar-refractivity contribution in [3.8, 4) is 0 Å². The van der Waals surface area contributed by atoms with Crippen molar-refractivity contribution in [2.24, 2.45) is 0 Å². The number of unbranched alkanes of at least 4 members (excludes halogenated alkanes) is 4. The van der Waals surface area contributed by atoms with Crippen LogP contribution in [0.15, 0.2) is 0 Å². The summed E-state index contributed by atoms with van der Waals surface area (Å²) in [5.41, 5.74) is 0. The third kappa shape index (κ3) is 5.52. The van der Waals surface area contributed by atoms with Gasteiger partial charge in [0.1, 0.15) is 0 Å². The van der Waals surface area contributed by atoms with Gasteiger partial charge in [-0.05, 0) is 12.8 Å². The second-order valence-electron chi connectivity index (χ2n) is 4.31. The smallest absolute Gasteiger partial charge is 0.152 e. The fourth-order valence-corrected chi connectivity index (χ4v) is 3.47. The van der Waals surface area contributed by atoms with Crippen molar-refractivity contribution in [3.05, 3.63) is 0 Å². The topological polar surface area (TPSA) is 43.4 Å². The Morgan fingerprint density at radius 1 is 1.20 bits per heavy atom. The Bertz CT molecular complexity index is 259. The maximum absolute atomic E-state index is 11.1. The molecule has 1 heterocycles. The van der Waals surface area contributed by atoms with Gasteiger partial charge in [-0.25, -0.2) is 8.42 Å². The van der Waals surface area contributed by atoms with Crippen LogP contribution < -0.4 is 0 Å². The molecule has 4 heteroatoms. The molecule has 1 fully saturated rings. The van der Waals surface area contributed by atoms with E-state index in [9.17, 15) is 8.42 Å². The van der Waals surface area contributed by atoms with Crippen molar-refractivity contribution in [2.45, 2.75) is 51.6 Å². The summed E-state index contributed by atoms with van der Waals surface area (Å²) in [6.07, 6.45) is 6.74. The summed E-state index contributed by atoms with van der Waals surface area (Å²) >= 11 is 0. The minimum absolute atomic E-state index is 0.0267. The second kappa shape index (κ2) is 6.48. The van der Waals surface area contributed by atoms with E-state index < -0.39 is 9.84 Å². The number of rotatable bonds is 7. The minimum atomic E-state index is -2.77. The molecule has 0 saturated carbocycles. The Balaban J connectivity index is 1.97. The second-order valence-corrected chi connectivity index (χ2v) is 6.54. The van der Waals surface area contributed by atoms with Crippen LogP contribution in [0.1, 0.15) is 45.4 Å². The molecule has 0 amide bonds. The molecule has 0 unspecified atom stereocenters. The molecule has 1 saturated heterocycles. The average molecular weight is 234 g/mol. The van der Waals surface area contributed by atoms with Gasteiger partial charge in [0, 0.05) is 6.61 Å². The summed E-state index contributed by atoms with van der Waals surface area (Å²) in [7, 11) is -2.77. The van der Waals surface area contributed by atoms with Gasteiger partial charge in [-0.1, -0.05) is 32.6 Å². The molecule has 3 nitrogen and oxygen atoms in total. The number of hydrogen-bond donors (Lipinski definition) is 0. The quantitative estimate of drug-likeness (QED) is 0.634. The van der Waals surface area contributed by atoms with Gasteiger partial charge >= 0.3 is 0 Å². The highest BCUT2D eigenvalue weighted by atomic mass is 32.2. The first kappa shape index (κ1) is 13.0. The lowest BCUT2D eigenvalue weighted by Gasteiger charge is -2.09. The van der Waals surface area contributed by atoms with Crippen LogP contribution in [0.4, 0.5) is 0 Å². The van der Waals surface area contributed by atoms with Crippen LogP contribution in [-0.4, -0.2) is 32.6 Å². The molecule has 0 aromatic carbocycles. The first-order valence-electron chi connectivity index (χ1n) is 5.96. The average Bonchev–Trinajstić information content (AvgIpc) is 2.52. The van der Waals surface area contributed by atoms with E-state index in [1.165, 1.54) is 25.7 Å². The van der Waals surface area contributed by atoms with E-state index in [1.54, 1.807) is 0 Å². The van der Waals surface area contributed by atoms with Crippen molar-refractivity contribution >= 4 is 9.84 Å². The highest BCUT2D eigenvalue weighted by Gasteiger charge is 2.28. The number of ether oxygens (including phenoxy) is 1. The molecule has 15 heavy (non-hydrogen) atoms. The molecule has 1 aliphatic rings. The number of sulfone groups is 1. The van der Waals surface area contributed by atoms with Gasteiger partial charge in [0.2, 0.25) is 0 Å². The third-order valence-corrected chi connectivity index (χ3v) is 4.53. The molecule has 0 aromatic heterocycles. The van der Waals surface area contributed by atoms with Gasteiger partial charge in [-0.3, -0.25) is 0 Å². The largest absolute Gasteiger partial charge is 0.377 e. The summed E-state index contributed by atoms with van der Waals surface area (Å²) in [6.45, 7) is 2.92. The van der Waals surface area contributed by atoms with Crippen molar-refractivity contribution in [1.82, 2.24) is 0 Å². The molecular formula is C11H22O3S. The van der Waals surface area contributed by atoms with E-state index in [2.05, 4.69) is 6.92 Å². The Kier molecular flexibility index (Phi) is 5.61. The Labute approximate surface area is 93.1 Å². The fraction of sp³-hybridized carbons (Fsp3) is 1.00. The van der Waals surface area contributed by atoms with Gasteiger partial charge in [-0.2, -0.15) is 0 Å². The molecule has 0 aromatic rings. The van der Waals surface area contributed by atoms with Crippen LogP contribution in [0.3, 0.4) is 0 Å². The molecule has 90 valence electrons. The maximum atomic E-state index is 11.1. The summed E-state index contributed by atoms with van der Waals surface area (Å²) in [6, 6.07) is 0. The molecular weight excluding hydrogens is 212 g/mol. The van der Waals surface area contributed by atoms with E-state index >= 15 is 0 Å². The highest BCUT2D eigenvalue weighted by Crippen LogP contribution is 2.15. The monoisotopic (exact) mass is 234 g/mol. The lowest BCUT2D eigenvalue weighted by molar-refractivity contribution is 0.0680. The van der Waals surface area contributed by atoms with Gasteiger partial charge < -0.3 is 4.74 Å². The molecule has 0 spiro atoms. The lowest BCUT2D eigenvalue weighted by atomic mass is 10.2. The van der Waals surface area contributed by atoms with Crippen molar-refractivity contribution < 1.29 is 13.2 Å². The van der Waals surface area contributed by atoms with Gasteiger partial charge in [-0.15, -0.1) is 0 Å². The van der Waals surface area contributed by atoms with Gasteiger partial charge in [0.05, 0.1) is 17.6 Å². The molecule has 0 aliphatic carbocycles. The Hall–Kier alpha value is -0.0900. The maximum Gasteiger partial charge on any atom is 0.152 e. The molecule has 1 rings (SSSR count). The summed E-state index contributed by atoms with van der Waals surface area (Å²) in [5.74, 6) is 0.551. The molecule has 1 aliphatic heterocycles. The van der Waals surface area contributed by atoms with E-state index in [1.807, 2.05) is 0 Å². The number of hydrogen-bond acceptors (Lipinski definition) is 3. The Morgan fingerprint density at radius 3 is 2.53 bits per heavy atom. The zero-order valence-electron chi connectivity index (χ0n) is 9.57. The van der Waals surface area contributed by atoms with Crippen molar-refractivity contribution in [3.63, 3.8) is 0 Å². The molecule has 0 radical (unpaired) electrons. The lowest BCUT2D eigenvalue weighted by Crippen LogP contribution is -2.15. The van der Waals surface area contributed by atoms with Crippen LogP contribution in [0, 0.1) is 0 Å². The van der Waals surface area contributed by atoms with E-state index in [-0.39, 0.29) is 11.9 Å². The van der Waals surface area contributed by atoms with Crippen molar-refractivity contribution in [2.75, 3.05) is 18.1 Å². The van der Waals surface area contributed by atoms with Crippen LogP contribution in [0.25, 0.3) is 0 Å². The summed E-state index contributed by atoms with van der Waals surface area (Å²) in [5, 5.41) is 0. The predicted molar refractivity (Wildman–Crippen MR) is 61.8 cm³/mol. The van der Waals surface area contributed by atoms with Gasteiger partial charge in [0.15, 0.2) is 9.84 Å². The van der Waals surface area contributed by atoms with Crippen LogP contribution in [-0.2, 0) is 14.6 Å². The normalized spacial score (nSPS) is 24.5. The summed E-state index contributed by atoms with van der Waals surface area (Å²) < 4.78 is 27.8. The van der Waals surface area contributed by atoms with Crippen LogP contribution in [0.2, 0.25) is 0 Å². The predicted octanol–water partition coefficient (Wildman–Crippen LogP) is 2.16. The molecule has 0 bridgehead atoms. The first-order valence-corrected chi connectivity index (χ1v) is 7.78. The van der Waals surface area contributed by atoms with Crippen LogP contribution in [0.5, 0.6) is 0 Å². The van der Waals surface area contributed by atoms with E-state index in [4.69, 9.17) is 4.74 Å².